The van der Waals surface area contributed by atoms with Crippen molar-refractivity contribution in [2.75, 3.05) is 24.6 Å². The summed E-state index contributed by atoms with van der Waals surface area (Å²) < 4.78 is 14.6. The van der Waals surface area contributed by atoms with Gasteiger partial charge in [0.1, 0.15) is 5.82 Å². The van der Waals surface area contributed by atoms with Crippen molar-refractivity contribution < 1.29 is 9.18 Å². The largest absolute Gasteiger partial charge is 0.336 e. The molecule has 2 aromatic heterocycles. The molecule has 0 unspecified atom stereocenters. The molecule has 9 heteroatoms. The van der Waals surface area contributed by atoms with Crippen LogP contribution in [0.15, 0.2) is 23.0 Å². The monoisotopic (exact) mass is 333 g/mol. The van der Waals surface area contributed by atoms with Crippen molar-refractivity contribution >= 4 is 34.2 Å². The zero-order valence-electron chi connectivity index (χ0n) is 12.0. The van der Waals surface area contributed by atoms with Gasteiger partial charge in [-0.1, -0.05) is 5.21 Å². The molecule has 0 radical (unpaired) electrons. The summed E-state index contributed by atoms with van der Waals surface area (Å²) in [6, 6.07) is 3.97. The zero-order chi connectivity index (χ0) is 16.0. The molecule has 1 fully saturated rings. The fraction of sp³-hybridized carbons (Fsp3) is 0.286. The molecule has 0 aliphatic carbocycles. The number of nitrogens with zero attached hydrogens (tertiary/aromatic N) is 4. The molecule has 3 aromatic rings. The van der Waals surface area contributed by atoms with Gasteiger partial charge in [0.25, 0.3) is 11.5 Å². The van der Waals surface area contributed by atoms with Crippen LogP contribution in [0.2, 0.25) is 0 Å². The Morgan fingerprint density at radius 1 is 1.30 bits per heavy atom. The summed E-state index contributed by atoms with van der Waals surface area (Å²) in [6.07, 6.45) is 0. The van der Waals surface area contributed by atoms with Crippen LogP contribution >= 0.6 is 11.8 Å². The summed E-state index contributed by atoms with van der Waals surface area (Å²) in [4.78, 5) is 29.2. The highest BCUT2D eigenvalue weighted by atomic mass is 32.2. The molecule has 3 heterocycles. The van der Waals surface area contributed by atoms with Crippen LogP contribution in [0.25, 0.3) is 16.6 Å². The van der Waals surface area contributed by atoms with Crippen LogP contribution in [0.1, 0.15) is 10.5 Å². The summed E-state index contributed by atoms with van der Waals surface area (Å²) in [5.41, 5.74) is 0.405. The van der Waals surface area contributed by atoms with Crippen molar-refractivity contribution in [3.8, 4) is 0 Å². The normalized spacial score (nSPS) is 15.4. The van der Waals surface area contributed by atoms with E-state index in [0.717, 1.165) is 11.5 Å². The van der Waals surface area contributed by atoms with Gasteiger partial charge in [0.15, 0.2) is 11.2 Å². The Hall–Kier alpha value is -2.42. The Kier molecular flexibility index (Phi) is 3.29. The van der Waals surface area contributed by atoms with Crippen LogP contribution in [0.3, 0.4) is 0 Å². The van der Waals surface area contributed by atoms with Crippen molar-refractivity contribution in [1.82, 2.24) is 24.7 Å². The van der Waals surface area contributed by atoms with Gasteiger partial charge >= 0.3 is 0 Å². The first-order valence-electron chi connectivity index (χ1n) is 7.09. The van der Waals surface area contributed by atoms with Gasteiger partial charge < -0.3 is 9.88 Å². The maximum atomic E-state index is 13.3. The number of hydrogen-bond acceptors (Lipinski definition) is 5. The molecule has 118 valence electrons. The molecule has 1 N–H and O–H groups in total. The summed E-state index contributed by atoms with van der Waals surface area (Å²) in [7, 11) is 0. The molecule has 0 saturated carbocycles. The van der Waals surface area contributed by atoms with Crippen molar-refractivity contribution in [1.29, 1.82) is 0 Å². The first-order chi connectivity index (χ1) is 11.1. The number of thioether (sulfide) groups is 1. The molecule has 0 spiro atoms. The number of nitrogens with one attached hydrogen (secondary N) is 1. The Bertz CT molecular complexity index is 976. The number of hydrogen-bond donors (Lipinski definition) is 1. The van der Waals surface area contributed by atoms with Crippen LogP contribution in [-0.2, 0) is 0 Å². The van der Waals surface area contributed by atoms with E-state index in [4.69, 9.17) is 0 Å². The van der Waals surface area contributed by atoms with E-state index in [2.05, 4.69) is 15.3 Å². The summed E-state index contributed by atoms with van der Waals surface area (Å²) in [5, 5.41) is 7.83. The second-order valence-electron chi connectivity index (χ2n) is 5.22. The van der Waals surface area contributed by atoms with E-state index >= 15 is 0 Å². The molecular formula is C14H12FN5O2S. The lowest BCUT2D eigenvalue weighted by atomic mass is 10.2. The minimum Gasteiger partial charge on any atom is -0.336 e. The highest BCUT2D eigenvalue weighted by molar-refractivity contribution is 7.99. The first-order valence-corrected chi connectivity index (χ1v) is 8.24. The van der Waals surface area contributed by atoms with E-state index in [1.807, 2.05) is 0 Å². The lowest BCUT2D eigenvalue weighted by Gasteiger charge is -2.25. The standard InChI is InChI=1S/C14H12FN5O2S/c15-8-1-2-10-9(7-8)16-13(21)12-11(17-18-20(10)12)14(22)19-3-5-23-6-4-19/h1-2,7H,3-6H2,(H,16,21). The Morgan fingerprint density at radius 2 is 2.09 bits per heavy atom. The highest BCUT2D eigenvalue weighted by Gasteiger charge is 2.25. The SMILES string of the molecule is O=C(c1nnn2c1c(=O)[nH]c1cc(F)ccc12)N1CCSCC1. The number of carbonyl (C=O) groups is 1. The van der Waals surface area contributed by atoms with E-state index in [1.165, 1.54) is 22.7 Å². The van der Waals surface area contributed by atoms with Gasteiger partial charge in [0.05, 0.1) is 11.0 Å². The van der Waals surface area contributed by atoms with Gasteiger partial charge in [0, 0.05) is 24.6 Å². The number of benzene rings is 1. The van der Waals surface area contributed by atoms with Crippen molar-refractivity contribution in [2.45, 2.75) is 0 Å². The van der Waals surface area contributed by atoms with Crippen LogP contribution in [-0.4, -0.2) is 55.2 Å². The molecule has 4 rings (SSSR count). The Balaban J connectivity index is 1.90. The zero-order valence-corrected chi connectivity index (χ0v) is 12.8. The number of amides is 1. The molecule has 1 aromatic carbocycles. The predicted octanol–water partition coefficient (Wildman–Crippen LogP) is 0.899. The maximum absolute atomic E-state index is 13.3. The lowest BCUT2D eigenvalue weighted by molar-refractivity contribution is 0.0768. The molecule has 1 aliphatic heterocycles. The summed E-state index contributed by atoms with van der Waals surface area (Å²) in [6.45, 7) is 1.25. The average molecular weight is 333 g/mol. The molecule has 23 heavy (non-hydrogen) atoms. The van der Waals surface area contributed by atoms with Crippen molar-refractivity contribution in [3.63, 3.8) is 0 Å². The van der Waals surface area contributed by atoms with Crippen molar-refractivity contribution in [3.05, 3.63) is 40.1 Å². The van der Waals surface area contributed by atoms with E-state index in [-0.39, 0.29) is 17.1 Å². The second kappa shape index (κ2) is 5.34. The van der Waals surface area contributed by atoms with Crippen LogP contribution in [0.5, 0.6) is 0 Å². The molecule has 1 amide bonds. The fourth-order valence-corrected chi connectivity index (χ4v) is 3.59. The maximum Gasteiger partial charge on any atom is 0.277 e. The fourth-order valence-electron chi connectivity index (χ4n) is 2.69. The third-order valence-corrected chi connectivity index (χ3v) is 4.76. The molecule has 1 aliphatic rings. The minimum absolute atomic E-state index is 0.0318. The summed E-state index contributed by atoms with van der Waals surface area (Å²) >= 11 is 1.78. The van der Waals surface area contributed by atoms with E-state index < -0.39 is 11.4 Å². The van der Waals surface area contributed by atoms with Crippen LogP contribution in [0.4, 0.5) is 4.39 Å². The van der Waals surface area contributed by atoms with E-state index in [0.29, 0.717) is 24.1 Å². The number of aromatic nitrogens is 4. The third-order valence-electron chi connectivity index (χ3n) is 3.82. The first kappa shape index (κ1) is 14.2. The van der Waals surface area contributed by atoms with Gasteiger partial charge in [-0.15, -0.1) is 5.10 Å². The smallest absolute Gasteiger partial charge is 0.277 e. The number of carbonyl (C=O) groups excluding carboxylic acids is 1. The molecule has 0 atom stereocenters. The van der Waals surface area contributed by atoms with Gasteiger partial charge in [-0.3, -0.25) is 9.59 Å². The van der Waals surface area contributed by atoms with E-state index in [1.54, 1.807) is 16.7 Å². The third kappa shape index (κ3) is 2.27. The number of aromatic amines is 1. The minimum atomic E-state index is -0.511. The van der Waals surface area contributed by atoms with Gasteiger partial charge in [-0.05, 0) is 18.2 Å². The number of halogens is 1. The average Bonchev–Trinajstić information content (AvgIpc) is 3.00. The Morgan fingerprint density at radius 3 is 2.87 bits per heavy atom. The predicted molar refractivity (Wildman–Crippen MR) is 84.3 cm³/mol. The van der Waals surface area contributed by atoms with Crippen LogP contribution < -0.4 is 5.56 Å². The highest BCUT2D eigenvalue weighted by Crippen LogP contribution is 2.17. The van der Waals surface area contributed by atoms with Gasteiger partial charge in [-0.2, -0.15) is 11.8 Å². The number of rotatable bonds is 1. The Labute approximate surface area is 133 Å². The van der Waals surface area contributed by atoms with Gasteiger partial charge in [-0.25, -0.2) is 8.91 Å². The van der Waals surface area contributed by atoms with Gasteiger partial charge in [0.2, 0.25) is 0 Å². The quantitative estimate of drug-likeness (QED) is 0.715. The van der Waals surface area contributed by atoms with E-state index in [9.17, 15) is 14.0 Å². The molecule has 0 bridgehead atoms. The van der Waals surface area contributed by atoms with Crippen molar-refractivity contribution in [2.24, 2.45) is 0 Å². The molecule has 1 saturated heterocycles. The molecule has 7 nitrogen and oxygen atoms in total. The topological polar surface area (TPSA) is 83.4 Å². The lowest BCUT2D eigenvalue weighted by Crippen LogP contribution is -2.38. The summed E-state index contributed by atoms with van der Waals surface area (Å²) in [5.74, 6) is 0.967. The van der Waals surface area contributed by atoms with Crippen LogP contribution in [0, 0.1) is 5.82 Å². The number of fused-ring (bicyclic) bond motifs is 3. The number of H-pyrrole nitrogens is 1. The second-order valence-corrected chi connectivity index (χ2v) is 6.44. The molecular weight excluding hydrogens is 321 g/mol.